The molecule has 0 saturated carbocycles. The van der Waals surface area contributed by atoms with Gasteiger partial charge in [0.2, 0.25) is 5.91 Å². The number of carbonyl (C=O) groups is 1. The Kier molecular flexibility index (Phi) is 4.07. The van der Waals surface area contributed by atoms with Crippen molar-refractivity contribution in [2.45, 2.75) is 44.4 Å². The van der Waals surface area contributed by atoms with Crippen LogP contribution in [-0.2, 0) is 9.53 Å². The zero-order valence-corrected chi connectivity index (χ0v) is 9.32. The van der Waals surface area contributed by atoms with Gasteiger partial charge >= 0.3 is 0 Å². The number of rotatable bonds is 4. The van der Waals surface area contributed by atoms with Crippen LogP contribution in [0.25, 0.3) is 0 Å². The summed E-state index contributed by atoms with van der Waals surface area (Å²) in [5.74, 6) is -0.686. The minimum Gasteiger partial charge on any atom is -0.382 e. The van der Waals surface area contributed by atoms with Crippen LogP contribution >= 0.6 is 0 Å². The Bertz CT molecular complexity index is 231. The van der Waals surface area contributed by atoms with Crippen LogP contribution in [0.5, 0.6) is 0 Å². The first kappa shape index (κ1) is 12.4. The highest BCUT2D eigenvalue weighted by atomic mass is 16.5. The Balaban J connectivity index is 2.30. The molecule has 2 unspecified atom stereocenters. The van der Waals surface area contributed by atoms with Crippen molar-refractivity contribution >= 4 is 5.91 Å². The Morgan fingerprint density at radius 3 is 2.93 bits per heavy atom. The van der Waals surface area contributed by atoms with E-state index in [1.54, 1.807) is 0 Å². The SMILES string of the molecule is CC1(C)CC(NCC(O)C(N)=O)CCO1. The van der Waals surface area contributed by atoms with Crippen LogP contribution < -0.4 is 11.1 Å². The fourth-order valence-electron chi connectivity index (χ4n) is 1.78. The van der Waals surface area contributed by atoms with Crippen molar-refractivity contribution in [3.05, 3.63) is 0 Å². The van der Waals surface area contributed by atoms with Crippen molar-refractivity contribution < 1.29 is 14.6 Å². The Morgan fingerprint density at radius 1 is 1.73 bits per heavy atom. The van der Waals surface area contributed by atoms with Gasteiger partial charge in [-0.1, -0.05) is 0 Å². The summed E-state index contributed by atoms with van der Waals surface area (Å²) in [5, 5.41) is 12.3. The maximum atomic E-state index is 10.6. The maximum absolute atomic E-state index is 10.6. The van der Waals surface area contributed by atoms with E-state index < -0.39 is 12.0 Å². The zero-order chi connectivity index (χ0) is 11.5. The molecule has 2 atom stereocenters. The van der Waals surface area contributed by atoms with E-state index in [1.165, 1.54) is 0 Å². The van der Waals surface area contributed by atoms with Crippen LogP contribution in [-0.4, -0.2) is 41.9 Å². The summed E-state index contributed by atoms with van der Waals surface area (Å²) >= 11 is 0. The van der Waals surface area contributed by atoms with E-state index in [0.717, 1.165) is 12.8 Å². The molecule has 1 saturated heterocycles. The van der Waals surface area contributed by atoms with E-state index in [4.69, 9.17) is 10.5 Å². The summed E-state index contributed by atoms with van der Waals surface area (Å²) in [5.41, 5.74) is 4.82. The van der Waals surface area contributed by atoms with E-state index in [-0.39, 0.29) is 18.2 Å². The number of ether oxygens (including phenoxy) is 1. The van der Waals surface area contributed by atoms with Gasteiger partial charge in [-0.2, -0.15) is 0 Å². The lowest BCUT2D eigenvalue weighted by molar-refractivity contribution is -0.126. The molecule has 1 aliphatic heterocycles. The molecule has 5 heteroatoms. The fraction of sp³-hybridized carbons (Fsp3) is 0.900. The number of hydrogen-bond acceptors (Lipinski definition) is 4. The first-order chi connectivity index (χ1) is 6.91. The highest BCUT2D eigenvalue weighted by Crippen LogP contribution is 2.23. The van der Waals surface area contributed by atoms with Gasteiger partial charge < -0.3 is 20.9 Å². The largest absolute Gasteiger partial charge is 0.382 e. The van der Waals surface area contributed by atoms with Gasteiger partial charge in [0.25, 0.3) is 0 Å². The summed E-state index contributed by atoms with van der Waals surface area (Å²) in [4.78, 5) is 10.6. The number of primary amides is 1. The average molecular weight is 216 g/mol. The standard InChI is InChI=1S/C10H20N2O3/c1-10(2)5-7(3-4-15-10)12-6-8(13)9(11)14/h7-8,12-13H,3-6H2,1-2H3,(H2,11,14). The summed E-state index contributed by atoms with van der Waals surface area (Å²) in [7, 11) is 0. The normalized spacial score (nSPS) is 27.3. The third-order valence-electron chi connectivity index (χ3n) is 2.63. The van der Waals surface area contributed by atoms with Crippen molar-refractivity contribution in [2.75, 3.05) is 13.2 Å². The number of aliphatic hydroxyl groups excluding tert-OH is 1. The van der Waals surface area contributed by atoms with Crippen molar-refractivity contribution in [1.82, 2.24) is 5.32 Å². The lowest BCUT2D eigenvalue weighted by atomic mass is 9.94. The fourth-order valence-corrected chi connectivity index (χ4v) is 1.78. The third-order valence-corrected chi connectivity index (χ3v) is 2.63. The van der Waals surface area contributed by atoms with Crippen molar-refractivity contribution in [2.24, 2.45) is 5.73 Å². The lowest BCUT2D eigenvalue weighted by Gasteiger charge is -2.36. The molecule has 0 aromatic heterocycles. The topological polar surface area (TPSA) is 84.6 Å². The van der Waals surface area contributed by atoms with Gasteiger partial charge in [-0.3, -0.25) is 4.79 Å². The average Bonchev–Trinajstić information content (AvgIpc) is 2.12. The Morgan fingerprint density at radius 2 is 2.40 bits per heavy atom. The molecule has 0 bridgehead atoms. The second-order valence-electron chi connectivity index (χ2n) is 4.62. The molecule has 0 aliphatic carbocycles. The van der Waals surface area contributed by atoms with E-state index in [2.05, 4.69) is 5.32 Å². The first-order valence-corrected chi connectivity index (χ1v) is 5.25. The molecule has 1 heterocycles. The lowest BCUT2D eigenvalue weighted by Crippen LogP contribution is -2.47. The number of amides is 1. The molecule has 0 spiro atoms. The third kappa shape index (κ3) is 4.15. The van der Waals surface area contributed by atoms with Gasteiger partial charge in [0, 0.05) is 19.2 Å². The van der Waals surface area contributed by atoms with Crippen LogP contribution in [0.2, 0.25) is 0 Å². The second-order valence-corrected chi connectivity index (χ2v) is 4.62. The Hall–Kier alpha value is -0.650. The molecule has 4 N–H and O–H groups in total. The Labute approximate surface area is 90.0 Å². The number of carbonyl (C=O) groups excluding carboxylic acids is 1. The predicted octanol–water partition coefficient (Wildman–Crippen LogP) is -0.620. The van der Waals surface area contributed by atoms with Gasteiger partial charge in [-0.25, -0.2) is 0 Å². The van der Waals surface area contributed by atoms with E-state index in [0.29, 0.717) is 6.61 Å². The molecule has 1 rings (SSSR count). The number of nitrogens with two attached hydrogens (primary N) is 1. The molecule has 0 aromatic carbocycles. The van der Waals surface area contributed by atoms with Crippen LogP contribution in [0.1, 0.15) is 26.7 Å². The minimum atomic E-state index is -1.10. The summed E-state index contributed by atoms with van der Waals surface area (Å²) < 4.78 is 5.56. The quantitative estimate of drug-likeness (QED) is 0.584. The van der Waals surface area contributed by atoms with Gasteiger partial charge in [-0.05, 0) is 26.7 Å². The molecular weight excluding hydrogens is 196 g/mol. The zero-order valence-electron chi connectivity index (χ0n) is 9.32. The minimum absolute atomic E-state index is 0.131. The first-order valence-electron chi connectivity index (χ1n) is 5.25. The van der Waals surface area contributed by atoms with Crippen molar-refractivity contribution in [3.8, 4) is 0 Å². The maximum Gasteiger partial charge on any atom is 0.247 e. The highest BCUT2D eigenvalue weighted by Gasteiger charge is 2.28. The molecule has 1 aliphatic rings. The summed E-state index contributed by atoms with van der Waals surface area (Å²) in [6, 6.07) is 0.280. The summed E-state index contributed by atoms with van der Waals surface area (Å²) in [6.07, 6.45) is 0.670. The number of hydrogen-bond donors (Lipinski definition) is 3. The van der Waals surface area contributed by atoms with Crippen molar-refractivity contribution in [3.63, 3.8) is 0 Å². The van der Waals surface area contributed by atoms with Gasteiger partial charge in [0.1, 0.15) is 6.10 Å². The second kappa shape index (κ2) is 4.92. The van der Waals surface area contributed by atoms with Crippen LogP contribution in [0.15, 0.2) is 0 Å². The molecule has 15 heavy (non-hydrogen) atoms. The monoisotopic (exact) mass is 216 g/mol. The molecule has 0 aromatic rings. The number of nitrogens with one attached hydrogen (secondary N) is 1. The van der Waals surface area contributed by atoms with E-state index in [9.17, 15) is 9.90 Å². The van der Waals surface area contributed by atoms with Crippen LogP contribution in [0, 0.1) is 0 Å². The molecule has 0 radical (unpaired) electrons. The van der Waals surface area contributed by atoms with Crippen molar-refractivity contribution in [1.29, 1.82) is 0 Å². The highest BCUT2D eigenvalue weighted by molar-refractivity contribution is 5.78. The molecule has 88 valence electrons. The molecule has 5 nitrogen and oxygen atoms in total. The van der Waals surface area contributed by atoms with Gasteiger partial charge in [0.05, 0.1) is 5.60 Å². The predicted molar refractivity (Wildman–Crippen MR) is 56.3 cm³/mol. The summed E-state index contributed by atoms with van der Waals surface area (Å²) in [6.45, 7) is 4.99. The molecule has 1 fully saturated rings. The van der Waals surface area contributed by atoms with Gasteiger partial charge in [0.15, 0.2) is 0 Å². The van der Waals surface area contributed by atoms with E-state index >= 15 is 0 Å². The molecule has 1 amide bonds. The van der Waals surface area contributed by atoms with Crippen LogP contribution in [0.4, 0.5) is 0 Å². The molecular formula is C10H20N2O3. The smallest absolute Gasteiger partial charge is 0.247 e. The van der Waals surface area contributed by atoms with Crippen LogP contribution in [0.3, 0.4) is 0 Å². The van der Waals surface area contributed by atoms with E-state index in [1.807, 2.05) is 13.8 Å². The van der Waals surface area contributed by atoms with Gasteiger partial charge in [-0.15, -0.1) is 0 Å². The number of aliphatic hydroxyl groups is 1.